The van der Waals surface area contributed by atoms with Crippen LogP contribution in [0.15, 0.2) is 47.4 Å². The van der Waals surface area contributed by atoms with Gasteiger partial charge in [0.05, 0.1) is 21.7 Å². The van der Waals surface area contributed by atoms with Crippen molar-refractivity contribution in [3.63, 3.8) is 0 Å². The van der Waals surface area contributed by atoms with E-state index in [2.05, 4.69) is 10.6 Å². The number of sulfonamides is 1. The number of anilines is 1. The Bertz CT molecular complexity index is 1060. The van der Waals surface area contributed by atoms with E-state index in [1.807, 2.05) is 0 Å². The Kier molecular flexibility index (Phi) is 5.30. The lowest BCUT2D eigenvalue weighted by molar-refractivity contribution is 0.0879. The number of carbonyl (C=O) groups is 3. The van der Waals surface area contributed by atoms with Gasteiger partial charge in [0.1, 0.15) is 0 Å². The van der Waals surface area contributed by atoms with Crippen LogP contribution < -0.4 is 10.6 Å². The summed E-state index contributed by atoms with van der Waals surface area (Å²) >= 11 is 0. The molecule has 0 saturated carbocycles. The molecule has 0 bridgehead atoms. The quantitative estimate of drug-likeness (QED) is 0.718. The highest BCUT2D eigenvalue weighted by atomic mass is 32.2. The minimum atomic E-state index is -3.61. The Morgan fingerprint density at radius 1 is 1.00 bits per heavy atom. The summed E-state index contributed by atoms with van der Waals surface area (Å²) in [6, 6.07) is 10.1. The van der Waals surface area contributed by atoms with E-state index < -0.39 is 27.7 Å². The number of amides is 3. The molecule has 0 unspecified atom stereocenters. The number of carbonyl (C=O) groups excluding carboxylic acids is 3. The van der Waals surface area contributed by atoms with Gasteiger partial charge in [-0.25, -0.2) is 8.42 Å². The molecule has 1 aliphatic heterocycles. The van der Waals surface area contributed by atoms with E-state index in [0.29, 0.717) is 13.1 Å². The first-order chi connectivity index (χ1) is 13.3. The lowest BCUT2D eigenvalue weighted by Gasteiger charge is -2.18. The molecule has 146 valence electrons. The molecular weight excluding hydrogens is 382 g/mol. The fourth-order valence-corrected chi connectivity index (χ4v) is 4.47. The Labute approximate surface area is 162 Å². The average molecular weight is 401 g/mol. The molecule has 0 spiro atoms. The maximum atomic E-state index is 12.5. The number of imide groups is 1. The molecule has 3 rings (SSSR count). The molecule has 0 atom stereocenters. The van der Waals surface area contributed by atoms with Crippen LogP contribution in [0.4, 0.5) is 5.69 Å². The molecule has 0 radical (unpaired) electrons. The second-order valence-electron chi connectivity index (χ2n) is 6.08. The number of hydrogen-bond acceptors (Lipinski definition) is 5. The zero-order valence-corrected chi connectivity index (χ0v) is 16.2. The van der Waals surface area contributed by atoms with Gasteiger partial charge < -0.3 is 5.32 Å². The van der Waals surface area contributed by atoms with Crippen LogP contribution in [-0.4, -0.2) is 43.5 Å². The number of rotatable bonds is 6. The second-order valence-corrected chi connectivity index (χ2v) is 8.02. The largest absolute Gasteiger partial charge is 0.321 e. The molecule has 0 fully saturated rings. The van der Waals surface area contributed by atoms with Gasteiger partial charge in [-0.05, 0) is 36.4 Å². The standard InChI is InChI=1S/C19H19N3O5S/c1-3-22(4-2)28(26,27)13-10-8-12(9-11-13)17(23)20-15-7-5-6-14-16(15)19(25)21-18(14)24/h5-11H,3-4H2,1-2H3,(H,20,23)(H,21,24,25). The number of benzene rings is 2. The van der Waals surface area contributed by atoms with Gasteiger partial charge >= 0.3 is 0 Å². The highest BCUT2D eigenvalue weighted by Crippen LogP contribution is 2.25. The van der Waals surface area contributed by atoms with Crippen LogP contribution >= 0.6 is 0 Å². The molecule has 1 heterocycles. The van der Waals surface area contributed by atoms with E-state index in [0.717, 1.165) is 0 Å². The molecule has 2 N–H and O–H groups in total. The van der Waals surface area contributed by atoms with Crippen molar-refractivity contribution in [2.45, 2.75) is 18.7 Å². The Balaban J connectivity index is 1.84. The number of nitrogens with one attached hydrogen (secondary N) is 2. The van der Waals surface area contributed by atoms with E-state index >= 15 is 0 Å². The van der Waals surface area contributed by atoms with Crippen LogP contribution in [0.2, 0.25) is 0 Å². The predicted octanol–water partition coefficient (Wildman–Crippen LogP) is 1.85. The molecule has 9 heteroatoms. The molecule has 3 amide bonds. The number of hydrogen-bond donors (Lipinski definition) is 2. The van der Waals surface area contributed by atoms with Crippen molar-refractivity contribution in [2.75, 3.05) is 18.4 Å². The van der Waals surface area contributed by atoms with Gasteiger partial charge in [-0.2, -0.15) is 4.31 Å². The minimum Gasteiger partial charge on any atom is -0.321 e. The zero-order chi connectivity index (χ0) is 20.5. The highest BCUT2D eigenvalue weighted by Gasteiger charge is 2.30. The smallest absolute Gasteiger partial charge is 0.261 e. The Morgan fingerprint density at radius 3 is 2.25 bits per heavy atom. The van der Waals surface area contributed by atoms with Crippen molar-refractivity contribution < 1.29 is 22.8 Å². The SMILES string of the molecule is CCN(CC)S(=O)(=O)c1ccc(C(=O)Nc2cccc3c2C(=O)NC3=O)cc1. The van der Waals surface area contributed by atoms with Crippen molar-refractivity contribution in [3.8, 4) is 0 Å². The molecule has 28 heavy (non-hydrogen) atoms. The third kappa shape index (κ3) is 3.41. The second kappa shape index (κ2) is 7.53. The summed E-state index contributed by atoms with van der Waals surface area (Å²) in [5.74, 6) is -1.61. The summed E-state index contributed by atoms with van der Waals surface area (Å²) in [5.41, 5.74) is 0.747. The van der Waals surface area contributed by atoms with Gasteiger partial charge in [-0.3, -0.25) is 19.7 Å². The van der Waals surface area contributed by atoms with Crippen LogP contribution in [0.1, 0.15) is 44.9 Å². The van der Waals surface area contributed by atoms with E-state index in [9.17, 15) is 22.8 Å². The fraction of sp³-hybridized carbons (Fsp3) is 0.211. The summed E-state index contributed by atoms with van der Waals surface area (Å²) in [6.45, 7) is 4.20. The number of fused-ring (bicyclic) bond motifs is 1. The van der Waals surface area contributed by atoms with Gasteiger partial charge in [-0.15, -0.1) is 0 Å². The minimum absolute atomic E-state index is 0.0957. The molecule has 8 nitrogen and oxygen atoms in total. The average Bonchev–Trinajstić information content (AvgIpc) is 2.97. The van der Waals surface area contributed by atoms with E-state index in [1.165, 1.54) is 40.7 Å². The third-order valence-corrected chi connectivity index (χ3v) is 6.54. The van der Waals surface area contributed by atoms with Gasteiger partial charge in [-0.1, -0.05) is 19.9 Å². The van der Waals surface area contributed by atoms with Crippen LogP contribution in [0, 0.1) is 0 Å². The third-order valence-electron chi connectivity index (χ3n) is 4.47. The van der Waals surface area contributed by atoms with Crippen molar-refractivity contribution in [2.24, 2.45) is 0 Å². The molecule has 1 aliphatic rings. The molecule has 2 aromatic carbocycles. The van der Waals surface area contributed by atoms with Crippen molar-refractivity contribution in [3.05, 3.63) is 59.2 Å². The fourth-order valence-electron chi connectivity index (χ4n) is 3.01. The van der Waals surface area contributed by atoms with Crippen molar-refractivity contribution in [1.82, 2.24) is 9.62 Å². The van der Waals surface area contributed by atoms with Gasteiger partial charge in [0, 0.05) is 18.7 Å². The van der Waals surface area contributed by atoms with E-state index in [-0.39, 0.29) is 27.3 Å². The van der Waals surface area contributed by atoms with Crippen LogP contribution in [-0.2, 0) is 10.0 Å². The highest BCUT2D eigenvalue weighted by molar-refractivity contribution is 7.89. The lowest BCUT2D eigenvalue weighted by Crippen LogP contribution is -2.30. The topological polar surface area (TPSA) is 113 Å². The van der Waals surface area contributed by atoms with E-state index in [1.54, 1.807) is 19.9 Å². The number of nitrogens with zero attached hydrogens (tertiary/aromatic N) is 1. The normalized spacial score (nSPS) is 13.4. The van der Waals surface area contributed by atoms with Gasteiger partial charge in [0.15, 0.2) is 0 Å². The first-order valence-electron chi connectivity index (χ1n) is 8.69. The molecular formula is C19H19N3O5S. The van der Waals surface area contributed by atoms with Crippen molar-refractivity contribution in [1.29, 1.82) is 0 Å². The van der Waals surface area contributed by atoms with Crippen LogP contribution in [0.5, 0.6) is 0 Å². The monoisotopic (exact) mass is 401 g/mol. The van der Waals surface area contributed by atoms with Gasteiger partial charge in [0.25, 0.3) is 17.7 Å². The zero-order valence-electron chi connectivity index (χ0n) is 15.4. The van der Waals surface area contributed by atoms with Gasteiger partial charge in [0.2, 0.25) is 10.0 Å². The molecule has 0 aliphatic carbocycles. The maximum Gasteiger partial charge on any atom is 0.261 e. The van der Waals surface area contributed by atoms with Crippen molar-refractivity contribution >= 4 is 33.4 Å². The summed E-state index contributed by atoms with van der Waals surface area (Å²) in [4.78, 5) is 36.3. The Morgan fingerprint density at radius 2 is 1.64 bits per heavy atom. The first kappa shape index (κ1) is 19.7. The summed E-state index contributed by atoms with van der Waals surface area (Å²) in [5, 5.41) is 4.78. The molecule has 0 aromatic heterocycles. The summed E-state index contributed by atoms with van der Waals surface area (Å²) < 4.78 is 26.3. The molecule has 0 saturated heterocycles. The summed E-state index contributed by atoms with van der Waals surface area (Å²) in [6.07, 6.45) is 0. The first-order valence-corrected chi connectivity index (χ1v) is 10.1. The Hall–Kier alpha value is -3.04. The lowest BCUT2D eigenvalue weighted by atomic mass is 10.1. The van der Waals surface area contributed by atoms with E-state index in [4.69, 9.17) is 0 Å². The maximum absolute atomic E-state index is 12.5. The van der Waals surface area contributed by atoms with Crippen LogP contribution in [0.3, 0.4) is 0 Å². The van der Waals surface area contributed by atoms with Crippen LogP contribution in [0.25, 0.3) is 0 Å². The predicted molar refractivity (Wildman–Crippen MR) is 103 cm³/mol. The molecule has 2 aromatic rings. The summed E-state index contributed by atoms with van der Waals surface area (Å²) in [7, 11) is -3.61.